The third-order valence-corrected chi connectivity index (χ3v) is 6.54. The van der Waals surface area contributed by atoms with Crippen molar-refractivity contribution in [2.45, 2.75) is 87.9 Å². The van der Waals surface area contributed by atoms with Crippen LogP contribution in [0.3, 0.4) is 0 Å². The van der Waals surface area contributed by atoms with Crippen LogP contribution in [0.1, 0.15) is 51.9 Å². The molecule has 0 atom stereocenters. The molecule has 0 aliphatic heterocycles. The molecule has 0 heterocycles. The van der Waals surface area contributed by atoms with Crippen LogP contribution in [0.25, 0.3) is 0 Å². The molecule has 0 radical (unpaired) electrons. The molecule has 0 fully saturated rings. The van der Waals surface area contributed by atoms with E-state index in [1.165, 1.54) is 0 Å². The second-order valence-corrected chi connectivity index (χ2v) is 9.86. The molecule has 0 amide bonds. The summed E-state index contributed by atoms with van der Waals surface area (Å²) in [6.45, 7) is 1.67. The summed E-state index contributed by atoms with van der Waals surface area (Å²) in [6.07, 6.45) is -35.1. The maximum atomic E-state index is 14.1. The van der Waals surface area contributed by atoms with Gasteiger partial charge in [0.05, 0.1) is 5.75 Å². The van der Waals surface area contributed by atoms with Gasteiger partial charge in [-0.1, -0.05) is 26.2 Å². The minimum atomic E-state index is -6.80. The number of hydrogen-bond donors (Lipinski definition) is 1. The van der Waals surface area contributed by atoms with Crippen LogP contribution in [-0.2, 0) is 10.0 Å². The van der Waals surface area contributed by atoms with E-state index in [4.69, 9.17) is 0 Å². The largest absolute Gasteiger partial charge is 0.431 e. The summed E-state index contributed by atoms with van der Waals surface area (Å²) in [5, 5.41) is 0. The highest BCUT2D eigenvalue weighted by Crippen LogP contribution is 2.55. The van der Waals surface area contributed by atoms with Gasteiger partial charge in [-0.3, -0.25) is 0 Å². The van der Waals surface area contributed by atoms with E-state index in [9.17, 15) is 69.9 Å². The summed E-state index contributed by atoms with van der Waals surface area (Å²) in [5.74, 6) is -3.91. The first kappa shape index (κ1) is 33.9. The van der Waals surface area contributed by atoms with Crippen LogP contribution in [0.15, 0.2) is 0 Å². The first-order valence-corrected chi connectivity index (χ1v) is 11.6. The van der Waals surface area contributed by atoms with E-state index in [1.54, 1.807) is 6.92 Å². The number of hydrogen-bond acceptors (Lipinski definition) is 2. The van der Waals surface area contributed by atoms with Gasteiger partial charge in [0.2, 0.25) is 10.0 Å². The van der Waals surface area contributed by atoms with Crippen molar-refractivity contribution in [2.24, 2.45) is 5.92 Å². The lowest BCUT2D eigenvalue weighted by Crippen LogP contribution is -2.57. The highest BCUT2D eigenvalue weighted by atomic mass is 32.2. The number of rotatable bonds is 13. The molecule has 0 unspecified atom stereocenters. The maximum absolute atomic E-state index is 14.1. The minimum Gasteiger partial charge on any atom is -0.224 e. The predicted octanol–water partition coefficient (Wildman–Crippen LogP) is 6.94. The molecule has 212 valence electrons. The van der Waals surface area contributed by atoms with Gasteiger partial charge in [0, 0.05) is 19.4 Å². The Hall–Kier alpha value is -1.07. The topological polar surface area (TPSA) is 46.2 Å². The van der Waals surface area contributed by atoms with E-state index in [0.29, 0.717) is 12.8 Å². The Morgan fingerprint density at radius 3 is 1.31 bits per heavy atom. The summed E-state index contributed by atoms with van der Waals surface area (Å²) in [6, 6.07) is 0. The zero-order valence-electron chi connectivity index (χ0n) is 18.0. The average Bonchev–Trinajstić information content (AvgIpc) is 2.61. The molecule has 0 aromatic rings. The van der Waals surface area contributed by atoms with Crippen molar-refractivity contribution in [1.82, 2.24) is 4.72 Å². The molecule has 0 rings (SSSR count). The van der Waals surface area contributed by atoms with Gasteiger partial charge >= 0.3 is 24.7 Å². The molecule has 0 saturated heterocycles. The molecule has 0 spiro atoms. The van der Waals surface area contributed by atoms with Gasteiger partial charge in [-0.25, -0.2) is 21.9 Å². The molecule has 35 heavy (non-hydrogen) atoms. The molecule has 0 aliphatic carbocycles. The fourth-order valence-electron chi connectivity index (χ4n) is 3.06. The standard InChI is InChI=1S/C17H23F14NO2S/c1-2-3-7-32-35(33,34)8-5-4-6-11(9-12(18,14(20,21)22)15(23,24)25)10-13(19,16(26,27)28)17(29,30)31/h11,32H,2-10H2,1H3. The first-order valence-electron chi connectivity index (χ1n) is 9.96. The van der Waals surface area contributed by atoms with E-state index < -0.39 is 89.8 Å². The molecule has 0 aliphatic rings. The van der Waals surface area contributed by atoms with Crippen molar-refractivity contribution in [3.05, 3.63) is 0 Å². The second kappa shape index (κ2) is 11.5. The predicted molar refractivity (Wildman–Crippen MR) is 95.2 cm³/mol. The number of unbranched alkanes of at least 4 members (excludes halogenated alkanes) is 2. The highest BCUT2D eigenvalue weighted by Gasteiger charge is 2.75. The van der Waals surface area contributed by atoms with Gasteiger partial charge in [-0.05, 0) is 18.8 Å². The lowest BCUT2D eigenvalue weighted by Gasteiger charge is -2.37. The van der Waals surface area contributed by atoms with Gasteiger partial charge < -0.3 is 0 Å². The quantitative estimate of drug-likeness (QED) is 0.192. The Kier molecular flexibility index (Phi) is 11.2. The van der Waals surface area contributed by atoms with Gasteiger partial charge in [0.25, 0.3) is 11.3 Å². The van der Waals surface area contributed by atoms with Crippen LogP contribution in [-0.4, -0.2) is 56.8 Å². The van der Waals surface area contributed by atoms with Gasteiger partial charge in [0.1, 0.15) is 0 Å². The van der Waals surface area contributed by atoms with Crippen LogP contribution in [0.2, 0.25) is 0 Å². The fourth-order valence-corrected chi connectivity index (χ4v) is 4.24. The summed E-state index contributed by atoms with van der Waals surface area (Å²) >= 11 is 0. The third kappa shape index (κ3) is 9.07. The summed E-state index contributed by atoms with van der Waals surface area (Å²) < 4.78 is 208. The molecular formula is C17H23F14NO2S. The number of nitrogens with one attached hydrogen (secondary N) is 1. The maximum Gasteiger partial charge on any atom is 0.431 e. The lowest BCUT2D eigenvalue weighted by molar-refractivity contribution is -0.356. The van der Waals surface area contributed by atoms with Crippen molar-refractivity contribution in [3.8, 4) is 0 Å². The third-order valence-electron chi connectivity index (χ3n) is 5.06. The smallest absolute Gasteiger partial charge is 0.224 e. The van der Waals surface area contributed by atoms with Gasteiger partial charge in [0.15, 0.2) is 0 Å². The van der Waals surface area contributed by atoms with Crippen LogP contribution in [0.4, 0.5) is 61.5 Å². The molecular weight excluding hydrogens is 548 g/mol. The number of alkyl halides is 14. The molecule has 0 aromatic carbocycles. The molecule has 3 nitrogen and oxygen atoms in total. The van der Waals surface area contributed by atoms with E-state index in [0.717, 1.165) is 0 Å². The fraction of sp³-hybridized carbons (Fsp3) is 1.00. The average molecular weight is 571 g/mol. The van der Waals surface area contributed by atoms with E-state index in [-0.39, 0.29) is 6.54 Å². The van der Waals surface area contributed by atoms with Gasteiger partial charge in [-0.2, -0.15) is 52.7 Å². The molecule has 18 heteroatoms. The van der Waals surface area contributed by atoms with Crippen molar-refractivity contribution in [3.63, 3.8) is 0 Å². The van der Waals surface area contributed by atoms with Crippen molar-refractivity contribution in [1.29, 1.82) is 0 Å². The Morgan fingerprint density at radius 1 is 0.629 bits per heavy atom. The van der Waals surface area contributed by atoms with Crippen LogP contribution < -0.4 is 4.72 Å². The summed E-state index contributed by atoms with van der Waals surface area (Å²) in [4.78, 5) is 0. The van der Waals surface area contributed by atoms with Crippen LogP contribution >= 0.6 is 0 Å². The Morgan fingerprint density at radius 2 is 1.00 bits per heavy atom. The first-order chi connectivity index (χ1) is 15.3. The minimum absolute atomic E-state index is 0.0372. The summed E-state index contributed by atoms with van der Waals surface area (Å²) in [5.41, 5.74) is -12.5. The Balaban J connectivity index is 5.92. The van der Waals surface area contributed by atoms with Crippen molar-refractivity contribution < 1.29 is 69.9 Å². The van der Waals surface area contributed by atoms with Crippen LogP contribution in [0.5, 0.6) is 0 Å². The van der Waals surface area contributed by atoms with Crippen molar-refractivity contribution >= 4 is 10.0 Å². The highest BCUT2D eigenvalue weighted by molar-refractivity contribution is 7.89. The number of sulfonamides is 1. The second-order valence-electron chi connectivity index (χ2n) is 7.93. The number of halogens is 14. The molecule has 0 bridgehead atoms. The monoisotopic (exact) mass is 571 g/mol. The summed E-state index contributed by atoms with van der Waals surface area (Å²) in [7, 11) is -4.03. The molecule has 1 N–H and O–H groups in total. The van der Waals surface area contributed by atoms with E-state index in [1.807, 2.05) is 0 Å². The van der Waals surface area contributed by atoms with E-state index >= 15 is 0 Å². The zero-order chi connectivity index (χ0) is 28.1. The van der Waals surface area contributed by atoms with Crippen molar-refractivity contribution in [2.75, 3.05) is 12.3 Å². The molecule has 0 saturated carbocycles. The SMILES string of the molecule is CCCCNS(=O)(=O)CCCCC(CC(F)(C(F)(F)F)C(F)(F)F)CC(F)(C(F)(F)F)C(F)(F)F. The Labute approximate surface area is 191 Å². The van der Waals surface area contributed by atoms with Crippen LogP contribution in [0, 0.1) is 5.92 Å². The molecule has 0 aromatic heterocycles. The Bertz CT molecular complexity index is 687. The zero-order valence-corrected chi connectivity index (χ0v) is 18.8. The lowest BCUT2D eigenvalue weighted by atomic mass is 9.80. The van der Waals surface area contributed by atoms with E-state index in [2.05, 4.69) is 4.72 Å². The normalized spacial score (nSPS) is 15.2. The van der Waals surface area contributed by atoms with Gasteiger partial charge in [-0.15, -0.1) is 0 Å².